The van der Waals surface area contributed by atoms with Crippen molar-refractivity contribution in [3.63, 3.8) is 0 Å². The Balaban J connectivity index is 2.27. The second-order valence-corrected chi connectivity index (χ2v) is 4.34. The van der Waals surface area contributed by atoms with Crippen molar-refractivity contribution >= 4 is 22.0 Å². The summed E-state index contributed by atoms with van der Waals surface area (Å²) in [5.41, 5.74) is 7.73. The van der Waals surface area contributed by atoms with Crippen LogP contribution in [0.15, 0.2) is 22.7 Å². The molecule has 0 unspecified atom stereocenters. The summed E-state index contributed by atoms with van der Waals surface area (Å²) in [4.78, 5) is 12.6. The number of nitrogens with two attached hydrogens (primary N) is 1. The number of benzene rings is 1. The van der Waals surface area contributed by atoms with Crippen molar-refractivity contribution in [3.05, 3.63) is 33.8 Å². The van der Waals surface area contributed by atoms with Gasteiger partial charge in [-0.1, -0.05) is 22.0 Å². The van der Waals surface area contributed by atoms with Gasteiger partial charge >= 0.3 is 6.03 Å². The lowest BCUT2D eigenvalue weighted by Gasteiger charge is -2.27. The van der Waals surface area contributed by atoms with Gasteiger partial charge in [-0.2, -0.15) is 0 Å². The second kappa shape index (κ2) is 3.61. The third-order valence-electron chi connectivity index (χ3n) is 2.49. The van der Waals surface area contributed by atoms with Crippen LogP contribution in [-0.2, 0) is 13.0 Å². The van der Waals surface area contributed by atoms with Crippen molar-refractivity contribution in [2.24, 2.45) is 5.73 Å². The van der Waals surface area contributed by atoms with Crippen LogP contribution in [0.1, 0.15) is 11.1 Å². The maximum atomic E-state index is 11.0. The Morgan fingerprint density at radius 1 is 1.43 bits per heavy atom. The molecule has 0 spiro atoms. The van der Waals surface area contributed by atoms with Crippen LogP contribution in [-0.4, -0.2) is 17.5 Å². The molecule has 2 rings (SSSR count). The maximum absolute atomic E-state index is 11.0. The lowest BCUT2D eigenvalue weighted by molar-refractivity contribution is 0.202. The van der Waals surface area contributed by atoms with Gasteiger partial charge in [0.15, 0.2) is 0 Å². The van der Waals surface area contributed by atoms with Gasteiger partial charge in [0.25, 0.3) is 0 Å². The van der Waals surface area contributed by atoms with Crippen molar-refractivity contribution in [1.82, 2.24) is 4.90 Å². The fraction of sp³-hybridized carbons (Fsp3) is 0.300. The smallest absolute Gasteiger partial charge is 0.315 e. The van der Waals surface area contributed by atoms with Gasteiger partial charge in [0.05, 0.1) is 0 Å². The average molecular weight is 255 g/mol. The van der Waals surface area contributed by atoms with Gasteiger partial charge in [0.1, 0.15) is 0 Å². The SMILES string of the molecule is NC(=O)N1CCc2cc(Br)ccc2C1. The number of hydrogen-bond acceptors (Lipinski definition) is 1. The van der Waals surface area contributed by atoms with Gasteiger partial charge in [-0.25, -0.2) is 4.79 Å². The summed E-state index contributed by atoms with van der Waals surface area (Å²) in [6.07, 6.45) is 0.887. The highest BCUT2D eigenvalue weighted by Gasteiger charge is 2.18. The predicted octanol–water partition coefficient (Wildman–Crippen LogP) is 1.89. The molecule has 4 heteroatoms. The summed E-state index contributed by atoms with van der Waals surface area (Å²) in [6, 6.07) is 5.80. The number of halogens is 1. The summed E-state index contributed by atoms with van der Waals surface area (Å²) in [6.45, 7) is 1.36. The van der Waals surface area contributed by atoms with Crippen molar-refractivity contribution in [3.8, 4) is 0 Å². The normalized spacial score (nSPS) is 15.1. The van der Waals surface area contributed by atoms with E-state index in [1.807, 2.05) is 12.1 Å². The van der Waals surface area contributed by atoms with Crippen LogP contribution in [0.25, 0.3) is 0 Å². The van der Waals surface area contributed by atoms with E-state index in [2.05, 4.69) is 22.0 Å². The lowest BCUT2D eigenvalue weighted by atomic mass is 10.0. The Kier molecular flexibility index (Phi) is 2.46. The third kappa shape index (κ3) is 1.75. The number of primary amides is 1. The van der Waals surface area contributed by atoms with Crippen LogP contribution in [0.5, 0.6) is 0 Å². The minimum absolute atomic E-state index is 0.335. The van der Waals surface area contributed by atoms with Crippen molar-refractivity contribution in [2.75, 3.05) is 6.54 Å². The first-order valence-corrected chi connectivity index (χ1v) is 5.28. The lowest BCUT2D eigenvalue weighted by Crippen LogP contribution is -2.39. The zero-order chi connectivity index (χ0) is 10.1. The van der Waals surface area contributed by atoms with Crippen molar-refractivity contribution in [1.29, 1.82) is 0 Å². The molecule has 2 amide bonds. The molecule has 1 aromatic rings. The number of nitrogens with zero attached hydrogens (tertiary/aromatic N) is 1. The van der Waals surface area contributed by atoms with E-state index in [1.165, 1.54) is 11.1 Å². The van der Waals surface area contributed by atoms with E-state index >= 15 is 0 Å². The fourth-order valence-electron chi connectivity index (χ4n) is 1.71. The van der Waals surface area contributed by atoms with Gasteiger partial charge < -0.3 is 10.6 Å². The molecule has 1 aromatic carbocycles. The van der Waals surface area contributed by atoms with Crippen LogP contribution in [0.4, 0.5) is 4.79 Å². The number of fused-ring (bicyclic) bond motifs is 1. The minimum Gasteiger partial charge on any atom is -0.351 e. The Morgan fingerprint density at radius 2 is 2.21 bits per heavy atom. The highest BCUT2D eigenvalue weighted by molar-refractivity contribution is 9.10. The molecule has 1 heterocycles. The van der Waals surface area contributed by atoms with E-state index in [9.17, 15) is 4.79 Å². The molecule has 1 aliphatic heterocycles. The molecule has 14 heavy (non-hydrogen) atoms. The Bertz CT molecular complexity index is 378. The molecular formula is C10H11BrN2O. The summed E-state index contributed by atoms with van der Waals surface area (Å²) >= 11 is 3.43. The molecule has 0 saturated heterocycles. The molecule has 0 saturated carbocycles. The zero-order valence-electron chi connectivity index (χ0n) is 7.66. The van der Waals surface area contributed by atoms with Crippen LogP contribution < -0.4 is 5.73 Å². The number of rotatable bonds is 0. The van der Waals surface area contributed by atoms with Gasteiger partial charge in [-0.05, 0) is 29.7 Å². The second-order valence-electron chi connectivity index (χ2n) is 3.42. The summed E-state index contributed by atoms with van der Waals surface area (Å²) in [7, 11) is 0. The van der Waals surface area contributed by atoms with Crippen LogP contribution >= 0.6 is 15.9 Å². The summed E-state index contributed by atoms with van der Waals surface area (Å²) in [5.74, 6) is 0. The molecule has 0 bridgehead atoms. The Morgan fingerprint density at radius 3 is 2.93 bits per heavy atom. The van der Waals surface area contributed by atoms with Gasteiger partial charge in [0, 0.05) is 17.6 Å². The Labute approximate surface area is 91.0 Å². The summed E-state index contributed by atoms with van der Waals surface area (Å²) in [5, 5.41) is 0. The van der Waals surface area contributed by atoms with E-state index < -0.39 is 0 Å². The molecular weight excluding hydrogens is 244 g/mol. The van der Waals surface area contributed by atoms with E-state index in [0.29, 0.717) is 6.54 Å². The molecule has 0 aliphatic carbocycles. The van der Waals surface area contributed by atoms with Gasteiger partial charge in [-0.15, -0.1) is 0 Å². The first-order valence-electron chi connectivity index (χ1n) is 4.48. The number of carbonyl (C=O) groups is 1. The molecule has 2 N–H and O–H groups in total. The molecule has 3 nitrogen and oxygen atoms in total. The quantitative estimate of drug-likeness (QED) is 0.756. The van der Waals surface area contributed by atoms with Crippen molar-refractivity contribution < 1.29 is 4.79 Å². The Hall–Kier alpha value is -1.03. The van der Waals surface area contributed by atoms with Crippen LogP contribution in [0.2, 0.25) is 0 Å². The first-order chi connectivity index (χ1) is 6.66. The highest BCUT2D eigenvalue weighted by Crippen LogP contribution is 2.22. The monoisotopic (exact) mass is 254 g/mol. The van der Waals surface area contributed by atoms with Crippen LogP contribution in [0.3, 0.4) is 0 Å². The van der Waals surface area contributed by atoms with E-state index in [-0.39, 0.29) is 6.03 Å². The van der Waals surface area contributed by atoms with Crippen LogP contribution in [0, 0.1) is 0 Å². The van der Waals surface area contributed by atoms with Gasteiger partial charge in [-0.3, -0.25) is 0 Å². The van der Waals surface area contributed by atoms with E-state index in [1.54, 1.807) is 4.90 Å². The molecule has 1 aliphatic rings. The van der Waals surface area contributed by atoms with E-state index in [4.69, 9.17) is 5.73 Å². The molecule has 0 aromatic heterocycles. The maximum Gasteiger partial charge on any atom is 0.315 e. The first kappa shape index (κ1) is 9.52. The summed E-state index contributed by atoms with van der Waals surface area (Å²) < 4.78 is 1.09. The molecule has 0 atom stereocenters. The fourth-order valence-corrected chi connectivity index (χ4v) is 2.12. The molecule has 0 radical (unpaired) electrons. The van der Waals surface area contributed by atoms with Crippen molar-refractivity contribution in [2.45, 2.75) is 13.0 Å². The third-order valence-corrected chi connectivity index (χ3v) is 2.99. The standard InChI is InChI=1S/C10H11BrN2O/c11-9-2-1-8-6-13(10(12)14)4-3-7(8)5-9/h1-2,5H,3-4,6H2,(H2,12,14). The van der Waals surface area contributed by atoms with E-state index in [0.717, 1.165) is 17.4 Å². The number of urea groups is 1. The topological polar surface area (TPSA) is 46.3 Å². The predicted molar refractivity (Wildman–Crippen MR) is 57.8 cm³/mol. The molecule has 0 fully saturated rings. The zero-order valence-corrected chi connectivity index (χ0v) is 9.25. The minimum atomic E-state index is -0.335. The largest absolute Gasteiger partial charge is 0.351 e. The molecule has 74 valence electrons. The number of amides is 2. The number of hydrogen-bond donors (Lipinski definition) is 1. The average Bonchev–Trinajstić information content (AvgIpc) is 2.16. The number of carbonyl (C=O) groups excluding carboxylic acids is 1. The van der Waals surface area contributed by atoms with Gasteiger partial charge in [0.2, 0.25) is 0 Å². The highest BCUT2D eigenvalue weighted by atomic mass is 79.9.